The number of para-hydroxylation sites is 2. The Kier molecular flexibility index (Phi) is 3.24. The Morgan fingerprint density at radius 3 is 2.64 bits per heavy atom. The molecule has 2 aliphatic heterocycles. The Hall–Kier alpha value is -1.78. The molecule has 0 spiro atoms. The van der Waals surface area contributed by atoms with Crippen molar-refractivity contribution in [2.75, 3.05) is 39.8 Å². The Morgan fingerprint density at radius 1 is 1.05 bits per heavy atom. The molecule has 2 aliphatic rings. The Balaban J connectivity index is 1.65. The fourth-order valence-electron chi connectivity index (χ4n) is 3.61. The maximum Gasteiger partial charge on any atom is 0.159 e. The highest BCUT2D eigenvalue weighted by atomic mass is 16.5. The van der Waals surface area contributed by atoms with Crippen LogP contribution in [0.25, 0.3) is 5.69 Å². The van der Waals surface area contributed by atoms with E-state index in [0.29, 0.717) is 0 Å². The molecule has 1 fully saturated rings. The minimum Gasteiger partial charge on any atom is -0.478 e. The summed E-state index contributed by atoms with van der Waals surface area (Å²) >= 11 is 0. The molecule has 1 atom stereocenters. The molecule has 1 unspecified atom stereocenters. The summed E-state index contributed by atoms with van der Waals surface area (Å²) in [6.07, 6.45) is 2.14. The van der Waals surface area contributed by atoms with Crippen LogP contribution in [0.15, 0.2) is 42.6 Å². The molecule has 0 aliphatic carbocycles. The van der Waals surface area contributed by atoms with Crippen molar-refractivity contribution >= 4 is 0 Å². The van der Waals surface area contributed by atoms with Crippen molar-refractivity contribution in [2.24, 2.45) is 0 Å². The van der Waals surface area contributed by atoms with E-state index in [1.54, 1.807) is 0 Å². The highest BCUT2D eigenvalue weighted by Gasteiger charge is 2.38. The van der Waals surface area contributed by atoms with Crippen molar-refractivity contribution in [1.29, 1.82) is 0 Å². The summed E-state index contributed by atoms with van der Waals surface area (Å²) in [6, 6.07) is 12.6. The van der Waals surface area contributed by atoms with Gasteiger partial charge in [-0.3, -0.25) is 4.90 Å². The van der Waals surface area contributed by atoms with Crippen molar-refractivity contribution in [3.63, 3.8) is 0 Å². The number of ether oxygens (including phenoxy) is 1. The zero-order valence-electron chi connectivity index (χ0n) is 13.3. The Morgan fingerprint density at radius 2 is 1.82 bits per heavy atom. The van der Waals surface area contributed by atoms with Crippen LogP contribution in [0.2, 0.25) is 0 Å². The highest BCUT2D eigenvalue weighted by Crippen LogP contribution is 2.39. The van der Waals surface area contributed by atoms with Gasteiger partial charge in [0.25, 0.3) is 0 Å². The van der Waals surface area contributed by atoms with Gasteiger partial charge < -0.3 is 14.2 Å². The zero-order chi connectivity index (χ0) is 15.2. The molecule has 0 bridgehead atoms. The molecular formula is C18H23N3O. The number of nitrogens with zero attached hydrogens (tertiary/aromatic N) is 3. The van der Waals surface area contributed by atoms with Gasteiger partial charge in [0, 0.05) is 38.9 Å². The van der Waals surface area contributed by atoms with Crippen LogP contribution in [-0.4, -0.2) is 54.1 Å². The van der Waals surface area contributed by atoms with E-state index in [9.17, 15) is 0 Å². The molecule has 2 aromatic rings. The third-order valence-corrected chi connectivity index (χ3v) is 4.87. The van der Waals surface area contributed by atoms with Crippen LogP contribution in [0, 0.1) is 0 Å². The molecular weight excluding hydrogens is 274 g/mol. The summed E-state index contributed by atoms with van der Waals surface area (Å²) in [5, 5.41) is 0. The smallest absolute Gasteiger partial charge is 0.159 e. The first kappa shape index (κ1) is 13.9. The second-order valence-electron chi connectivity index (χ2n) is 6.64. The van der Waals surface area contributed by atoms with Crippen LogP contribution < -0.4 is 4.74 Å². The number of likely N-dealkylation sites (N-methyl/N-ethyl adjacent to an activating group) is 1. The van der Waals surface area contributed by atoms with E-state index in [1.807, 2.05) is 6.07 Å². The molecule has 0 N–H and O–H groups in total. The molecule has 0 radical (unpaired) electrons. The minimum absolute atomic E-state index is 0.298. The lowest BCUT2D eigenvalue weighted by Gasteiger charge is -2.42. The molecule has 116 valence electrons. The molecule has 0 saturated carbocycles. The molecule has 1 saturated heterocycles. The van der Waals surface area contributed by atoms with E-state index in [-0.39, 0.29) is 5.60 Å². The lowest BCUT2D eigenvalue weighted by atomic mass is 9.98. The molecule has 1 aromatic heterocycles. The second-order valence-corrected chi connectivity index (χ2v) is 6.64. The average Bonchev–Trinajstić information content (AvgIpc) is 3.01. The Bertz CT molecular complexity index is 672. The van der Waals surface area contributed by atoms with Gasteiger partial charge in [0.2, 0.25) is 0 Å². The van der Waals surface area contributed by atoms with Crippen molar-refractivity contribution in [3.8, 4) is 11.4 Å². The number of rotatable bonds is 2. The highest BCUT2D eigenvalue weighted by molar-refractivity contribution is 5.51. The van der Waals surface area contributed by atoms with E-state index in [1.165, 1.54) is 5.69 Å². The van der Waals surface area contributed by atoms with Gasteiger partial charge in [-0.1, -0.05) is 12.1 Å². The Labute approximate surface area is 131 Å². The molecule has 0 amide bonds. The van der Waals surface area contributed by atoms with Crippen LogP contribution in [-0.2, 0) is 5.60 Å². The van der Waals surface area contributed by atoms with E-state index in [4.69, 9.17) is 4.74 Å². The molecule has 3 heterocycles. The predicted molar refractivity (Wildman–Crippen MR) is 87.7 cm³/mol. The van der Waals surface area contributed by atoms with Crippen LogP contribution in [0.3, 0.4) is 0 Å². The second kappa shape index (κ2) is 5.14. The summed E-state index contributed by atoms with van der Waals surface area (Å²) < 4.78 is 8.73. The SMILES string of the molecule is CN1CCN(CC2(C)Oc3ccccc3-n3cccc32)CC1. The fraction of sp³-hybridized carbons (Fsp3) is 0.444. The van der Waals surface area contributed by atoms with Crippen LogP contribution >= 0.6 is 0 Å². The summed E-state index contributed by atoms with van der Waals surface area (Å²) in [5.74, 6) is 0.975. The van der Waals surface area contributed by atoms with Gasteiger partial charge in [-0.2, -0.15) is 0 Å². The van der Waals surface area contributed by atoms with Gasteiger partial charge in [0.05, 0.1) is 11.4 Å². The number of hydrogen-bond acceptors (Lipinski definition) is 3. The molecule has 22 heavy (non-hydrogen) atoms. The largest absolute Gasteiger partial charge is 0.478 e. The molecule has 1 aromatic carbocycles. The van der Waals surface area contributed by atoms with Crippen LogP contribution in [0.1, 0.15) is 12.6 Å². The van der Waals surface area contributed by atoms with Crippen molar-refractivity contribution in [2.45, 2.75) is 12.5 Å². The fourth-order valence-corrected chi connectivity index (χ4v) is 3.61. The summed E-state index contributed by atoms with van der Waals surface area (Å²) in [5.41, 5.74) is 2.08. The monoisotopic (exact) mass is 297 g/mol. The molecule has 4 rings (SSSR count). The predicted octanol–water partition coefficient (Wildman–Crippen LogP) is 2.33. The van der Waals surface area contributed by atoms with E-state index in [2.05, 4.69) is 64.9 Å². The van der Waals surface area contributed by atoms with E-state index >= 15 is 0 Å². The minimum atomic E-state index is -0.298. The normalized spacial score (nSPS) is 25.4. The number of piperazine rings is 1. The van der Waals surface area contributed by atoms with Crippen molar-refractivity contribution in [1.82, 2.24) is 14.4 Å². The molecule has 4 nitrogen and oxygen atoms in total. The first-order chi connectivity index (χ1) is 10.7. The number of fused-ring (bicyclic) bond motifs is 3. The standard InChI is InChI=1S/C18H23N3O/c1-18(14-20-12-10-19(2)11-13-20)17-8-5-9-21(17)15-6-3-4-7-16(15)22-18/h3-9H,10-14H2,1-2H3. The third-order valence-electron chi connectivity index (χ3n) is 4.87. The maximum atomic E-state index is 6.46. The summed E-state index contributed by atoms with van der Waals surface area (Å²) in [6.45, 7) is 7.63. The lowest BCUT2D eigenvalue weighted by molar-refractivity contribution is 0.0143. The van der Waals surface area contributed by atoms with Crippen molar-refractivity contribution < 1.29 is 4.74 Å². The first-order valence-corrected chi connectivity index (χ1v) is 8.03. The number of aromatic nitrogens is 1. The maximum absolute atomic E-state index is 6.46. The van der Waals surface area contributed by atoms with E-state index in [0.717, 1.165) is 44.2 Å². The summed E-state index contributed by atoms with van der Waals surface area (Å²) in [7, 11) is 2.19. The van der Waals surface area contributed by atoms with Crippen LogP contribution in [0.5, 0.6) is 5.75 Å². The van der Waals surface area contributed by atoms with Gasteiger partial charge >= 0.3 is 0 Å². The van der Waals surface area contributed by atoms with Gasteiger partial charge in [-0.25, -0.2) is 0 Å². The van der Waals surface area contributed by atoms with Crippen LogP contribution in [0.4, 0.5) is 0 Å². The number of hydrogen-bond donors (Lipinski definition) is 0. The average molecular weight is 297 g/mol. The lowest BCUT2D eigenvalue weighted by Crippen LogP contribution is -2.52. The topological polar surface area (TPSA) is 20.6 Å². The zero-order valence-corrected chi connectivity index (χ0v) is 13.3. The third kappa shape index (κ3) is 2.23. The van der Waals surface area contributed by atoms with Gasteiger partial charge in [0.15, 0.2) is 5.60 Å². The van der Waals surface area contributed by atoms with Gasteiger partial charge in [-0.15, -0.1) is 0 Å². The van der Waals surface area contributed by atoms with Gasteiger partial charge in [0.1, 0.15) is 5.75 Å². The molecule has 4 heteroatoms. The van der Waals surface area contributed by atoms with E-state index < -0.39 is 0 Å². The quantitative estimate of drug-likeness (QED) is 0.849. The van der Waals surface area contributed by atoms with Crippen molar-refractivity contribution in [3.05, 3.63) is 48.3 Å². The van der Waals surface area contributed by atoms with Gasteiger partial charge in [-0.05, 0) is 38.2 Å². The number of benzene rings is 1. The first-order valence-electron chi connectivity index (χ1n) is 8.03. The summed E-state index contributed by atoms with van der Waals surface area (Å²) in [4.78, 5) is 4.91.